The number of benzene rings is 1. The molecule has 0 saturated carbocycles. The highest BCUT2D eigenvalue weighted by molar-refractivity contribution is 6.11. The molecule has 2 heterocycles. The molecule has 1 aliphatic heterocycles. The van der Waals surface area contributed by atoms with E-state index in [-0.39, 0.29) is 12.3 Å². The molecule has 3 rings (SSSR count). The van der Waals surface area contributed by atoms with Crippen molar-refractivity contribution < 1.29 is 9.21 Å². The smallest absolute Gasteiger partial charge is 0.255 e. The van der Waals surface area contributed by atoms with Crippen molar-refractivity contribution in [1.82, 2.24) is 4.98 Å². The lowest BCUT2D eigenvalue weighted by Crippen LogP contribution is -2.19. The second-order valence-corrected chi connectivity index (χ2v) is 3.86. The standard InChI is InChI=1S/C11H10N4O2/c1-6-13-8-3-2-7(4-9(8)17-6)15-11(16)5-10(12)14-15/h2-4H,5H2,1H3,(H2,12,14). The maximum Gasteiger partial charge on any atom is 0.255 e. The summed E-state index contributed by atoms with van der Waals surface area (Å²) in [6.07, 6.45) is 0.160. The van der Waals surface area contributed by atoms with E-state index in [2.05, 4.69) is 10.1 Å². The lowest BCUT2D eigenvalue weighted by atomic mass is 10.2. The number of nitrogens with zero attached hydrogens (tertiary/aromatic N) is 3. The van der Waals surface area contributed by atoms with Gasteiger partial charge in [-0.3, -0.25) is 4.79 Å². The number of carbonyl (C=O) groups is 1. The Bertz CT molecular complexity index is 644. The largest absolute Gasteiger partial charge is 0.441 e. The highest BCUT2D eigenvalue weighted by Crippen LogP contribution is 2.25. The molecule has 0 spiro atoms. The molecule has 6 heteroatoms. The molecule has 2 aromatic rings. The van der Waals surface area contributed by atoms with Crippen molar-refractivity contribution in [2.24, 2.45) is 10.8 Å². The number of aromatic nitrogens is 1. The van der Waals surface area contributed by atoms with Gasteiger partial charge < -0.3 is 10.2 Å². The Hall–Kier alpha value is -2.37. The van der Waals surface area contributed by atoms with Crippen LogP contribution in [0.2, 0.25) is 0 Å². The number of anilines is 1. The highest BCUT2D eigenvalue weighted by Gasteiger charge is 2.23. The van der Waals surface area contributed by atoms with Crippen molar-refractivity contribution in [2.45, 2.75) is 13.3 Å². The Morgan fingerprint density at radius 2 is 2.29 bits per heavy atom. The second-order valence-electron chi connectivity index (χ2n) is 3.86. The molecule has 0 unspecified atom stereocenters. The van der Waals surface area contributed by atoms with Crippen LogP contribution in [0.5, 0.6) is 0 Å². The van der Waals surface area contributed by atoms with Gasteiger partial charge in [-0.1, -0.05) is 0 Å². The number of amides is 1. The third-order valence-electron chi connectivity index (χ3n) is 2.52. The highest BCUT2D eigenvalue weighted by atomic mass is 16.3. The van der Waals surface area contributed by atoms with Gasteiger partial charge in [0.1, 0.15) is 11.4 Å². The summed E-state index contributed by atoms with van der Waals surface area (Å²) < 4.78 is 5.40. The summed E-state index contributed by atoms with van der Waals surface area (Å²) in [5.74, 6) is 0.773. The molecule has 6 nitrogen and oxygen atoms in total. The number of hydrogen-bond acceptors (Lipinski definition) is 5. The molecular formula is C11H10N4O2. The lowest BCUT2D eigenvalue weighted by Gasteiger charge is -2.10. The molecule has 2 N–H and O–H groups in total. The minimum absolute atomic E-state index is 0.141. The quantitative estimate of drug-likeness (QED) is 0.796. The number of oxazole rings is 1. The first-order valence-corrected chi connectivity index (χ1v) is 5.16. The van der Waals surface area contributed by atoms with Crippen LogP contribution in [-0.2, 0) is 4.79 Å². The predicted octanol–water partition coefficient (Wildman–Crippen LogP) is 1.15. The fourth-order valence-electron chi connectivity index (χ4n) is 1.81. The number of rotatable bonds is 1. The van der Waals surface area contributed by atoms with Gasteiger partial charge in [0.2, 0.25) is 0 Å². The average molecular weight is 230 g/mol. The molecule has 0 radical (unpaired) electrons. The van der Waals surface area contributed by atoms with E-state index >= 15 is 0 Å². The molecule has 0 fully saturated rings. The van der Waals surface area contributed by atoms with E-state index in [1.807, 2.05) is 0 Å². The van der Waals surface area contributed by atoms with Crippen LogP contribution in [0.1, 0.15) is 12.3 Å². The molecule has 1 aromatic heterocycles. The third kappa shape index (κ3) is 1.54. The first-order valence-electron chi connectivity index (χ1n) is 5.16. The van der Waals surface area contributed by atoms with Gasteiger partial charge >= 0.3 is 0 Å². The van der Waals surface area contributed by atoms with Crippen LogP contribution in [-0.4, -0.2) is 16.7 Å². The van der Waals surface area contributed by atoms with Crippen molar-refractivity contribution >= 4 is 28.5 Å². The monoisotopic (exact) mass is 230 g/mol. The molecule has 0 aliphatic carbocycles. The van der Waals surface area contributed by atoms with Gasteiger partial charge in [0.25, 0.3) is 5.91 Å². The topological polar surface area (TPSA) is 84.7 Å². The van der Waals surface area contributed by atoms with E-state index in [9.17, 15) is 4.79 Å². The van der Waals surface area contributed by atoms with Gasteiger partial charge in [-0.05, 0) is 12.1 Å². The third-order valence-corrected chi connectivity index (χ3v) is 2.52. The van der Waals surface area contributed by atoms with Crippen molar-refractivity contribution in [1.29, 1.82) is 0 Å². The first-order chi connectivity index (χ1) is 8.13. The molecule has 17 heavy (non-hydrogen) atoms. The number of amidine groups is 1. The summed E-state index contributed by atoms with van der Waals surface area (Å²) in [6.45, 7) is 1.77. The molecule has 1 aromatic carbocycles. The summed E-state index contributed by atoms with van der Waals surface area (Å²) in [5.41, 5.74) is 7.55. The van der Waals surface area contributed by atoms with E-state index in [1.54, 1.807) is 25.1 Å². The van der Waals surface area contributed by atoms with Crippen LogP contribution in [0.15, 0.2) is 27.7 Å². The van der Waals surface area contributed by atoms with Crippen molar-refractivity contribution in [3.05, 3.63) is 24.1 Å². The van der Waals surface area contributed by atoms with Gasteiger partial charge in [0.05, 0.1) is 12.1 Å². The number of carbonyl (C=O) groups excluding carboxylic acids is 1. The molecule has 0 saturated heterocycles. The zero-order valence-electron chi connectivity index (χ0n) is 9.17. The molecule has 86 valence electrons. The number of fused-ring (bicyclic) bond motifs is 1. The van der Waals surface area contributed by atoms with Crippen molar-refractivity contribution in [2.75, 3.05) is 5.01 Å². The average Bonchev–Trinajstić information content (AvgIpc) is 2.78. The molecule has 1 amide bonds. The van der Waals surface area contributed by atoms with E-state index in [0.717, 1.165) is 5.52 Å². The second kappa shape index (κ2) is 3.31. The maximum atomic E-state index is 11.6. The SMILES string of the molecule is Cc1nc2ccc(N3N=C(N)CC3=O)cc2o1. The lowest BCUT2D eigenvalue weighted by molar-refractivity contribution is -0.116. The van der Waals surface area contributed by atoms with Gasteiger partial charge in [0, 0.05) is 13.0 Å². The zero-order chi connectivity index (χ0) is 12.0. The van der Waals surface area contributed by atoms with Gasteiger partial charge in [-0.25, -0.2) is 4.98 Å². The normalized spacial score (nSPS) is 15.7. The molecule has 0 bridgehead atoms. The predicted molar refractivity (Wildman–Crippen MR) is 62.5 cm³/mol. The summed E-state index contributed by atoms with van der Waals surface area (Å²) in [7, 11) is 0. The number of aryl methyl sites for hydroxylation is 1. The maximum absolute atomic E-state index is 11.6. The van der Waals surface area contributed by atoms with E-state index in [4.69, 9.17) is 10.2 Å². The fourth-order valence-corrected chi connectivity index (χ4v) is 1.81. The Morgan fingerprint density at radius 1 is 1.47 bits per heavy atom. The molecular weight excluding hydrogens is 220 g/mol. The van der Waals surface area contributed by atoms with Gasteiger partial charge in [0.15, 0.2) is 11.5 Å². The van der Waals surface area contributed by atoms with Crippen molar-refractivity contribution in [3.63, 3.8) is 0 Å². The van der Waals surface area contributed by atoms with Crippen LogP contribution >= 0.6 is 0 Å². The minimum atomic E-state index is -0.141. The van der Waals surface area contributed by atoms with Gasteiger partial charge in [-0.15, -0.1) is 0 Å². The van der Waals surface area contributed by atoms with Gasteiger partial charge in [-0.2, -0.15) is 10.1 Å². The number of hydrazone groups is 1. The van der Waals surface area contributed by atoms with Crippen LogP contribution in [0.25, 0.3) is 11.1 Å². The Balaban J connectivity index is 2.09. The van der Waals surface area contributed by atoms with Crippen LogP contribution in [0, 0.1) is 6.92 Å². The van der Waals surface area contributed by atoms with Crippen molar-refractivity contribution in [3.8, 4) is 0 Å². The molecule has 1 aliphatic rings. The fraction of sp³-hybridized carbons (Fsp3) is 0.182. The number of nitrogens with two attached hydrogens (primary N) is 1. The Labute approximate surface area is 96.7 Å². The summed E-state index contributed by atoms with van der Waals surface area (Å²) in [5, 5.41) is 5.25. The van der Waals surface area contributed by atoms with Crippen LogP contribution in [0.4, 0.5) is 5.69 Å². The Kier molecular flexibility index (Phi) is 1.91. The molecule has 0 atom stereocenters. The zero-order valence-corrected chi connectivity index (χ0v) is 9.17. The van der Waals surface area contributed by atoms with Crippen LogP contribution < -0.4 is 10.7 Å². The Morgan fingerprint density at radius 3 is 3.00 bits per heavy atom. The number of hydrogen-bond donors (Lipinski definition) is 1. The van der Waals surface area contributed by atoms with E-state index in [1.165, 1.54) is 5.01 Å². The summed E-state index contributed by atoms with van der Waals surface area (Å²) in [4.78, 5) is 15.8. The van der Waals surface area contributed by atoms with E-state index in [0.29, 0.717) is 23.0 Å². The first kappa shape index (κ1) is 9.83. The minimum Gasteiger partial charge on any atom is -0.441 e. The van der Waals surface area contributed by atoms with Crippen LogP contribution in [0.3, 0.4) is 0 Å². The van der Waals surface area contributed by atoms with E-state index < -0.39 is 0 Å². The summed E-state index contributed by atoms with van der Waals surface area (Å²) in [6, 6.07) is 5.29. The summed E-state index contributed by atoms with van der Waals surface area (Å²) >= 11 is 0.